The molecule has 0 aromatic carbocycles. The second kappa shape index (κ2) is 4.96. The molecule has 0 saturated carbocycles. The highest BCUT2D eigenvalue weighted by Gasteiger charge is 2.35. The second-order valence-corrected chi connectivity index (χ2v) is 3.86. The number of aromatic nitrogens is 2. The largest absolute Gasteiger partial charge is 0.479 e. The first kappa shape index (κ1) is 13.2. The van der Waals surface area contributed by atoms with Crippen molar-refractivity contribution in [2.75, 3.05) is 13.7 Å². The lowest BCUT2D eigenvalue weighted by atomic mass is 10.0. The molecule has 0 aliphatic heterocycles. The van der Waals surface area contributed by atoms with Gasteiger partial charge in [0, 0.05) is 20.4 Å². The summed E-state index contributed by atoms with van der Waals surface area (Å²) in [6.07, 6.45) is 1.46. The predicted octanol–water partition coefficient (Wildman–Crippen LogP) is -0.360. The lowest BCUT2D eigenvalue weighted by molar-refractivity contribution is -0.145. The number of aryl methyl sites for hydroxylation is 1. The van der Waals surface area contributed by atoms with E-state index in [1.165, 1.54) is 31.0 Å². The Morgan fingerprint density at radius 1 is 1.65 bits per heavy atom. The van der Waals surface area contributed by atoms with Crippen LogP contribution in [-0.4, -0.2) is 46.0 Å². The average Bonchev–Trinajstić information content (AvgIpc) is 2.64. The van der Waals surface area contributed by atoms with Crippen LogP contribution >= 0.6 is 0 Å². The monoisotopic (exact) mass is 241 g/mol. The van der Waals surface area contributed by atoms with Crippen LogP contribution in [0.3, 0.4) is 0 Å². The van der Waals surface area contributed by atoms with E-state index in [1.54, 1.807) is 7.05 Å². The number of nitrogens with zero attached hydrogens (tertiary/aromatic N) is 2. The molecule has 1 heterocycles. The van der Waals surface area contributed by atoms with Gasteiger partial charge in [0.2, 0.25) is 0 Å². The summed E-state index contributed by atoms with van der Waals surface area (Å²) in [6.45, 7) is 1.26. The quantitative estimate of drug-likeness (QED) is 0.734. The Morgan fingerprint density at radius 3 is 2.71 bits per heavy atom. The number of ether oxygens (including phenoxy) is 1. The smallest absolute Gasteiger partial charge is 0.331 e. The number of hydrogen-bond acceptors (Lipinski definition) is 4. The van der Waals surface area contributed by atoms with Crippen molar-refractivity contribution in [1.29, 1.82) is 0 Å². The molecule has 1 amide bonds. The number of methoxy groups -OCH3 is 1. The summed E-state index contributed by atoms with van der Waals surface area (Å²) >= 11 is 0. The van der Waals surface area contributed by atoms with Gasteiger partial charge in [-0.05, 0) is 13.0 Å². The zero-order valence-corrected chi connectivity index (χ0v) is 9.93. The lowest BCUT2D eigenvalue weighted by Crippen LogP contribution is -2.55. The van der Waals surface area contributed by atoms with E-state index >= 15 is 0 Å². The maximum Gasteiger partial charge on any atom is 0.331 e. The maximum absolute atomic E-state index is 11.8. The van der Waals surface area contributed by atoms with E-state index in [0.29, 0.717) is 0 Å². The minimum absolute atomic E-state index is 0.119. The number of rotatable bonds is 5. The van der Waals surface area contributed by atoms with Crippen LogP contribution < -0.4 is 5.32 Å². The summed E-state index contributed by atoms with van der Waals surface area (Å²) in [4.78, 5) is 22.9. The van der Waals surface area contributed by atoms with E-state index in [1.807, 2.05) is 0 Å². The fourth-order valence-corrected chi connectivity index (χ4v) is 1.35. The summed E-state index contributed by atoms with van der Waals surface area (Å²) in [6, 6.07) is 1.50. The molecule has 94 valence electrons. The molecule has 1 rings (SSSR count). The van der Waals surface area contributed by atoms with Crippen molar-refractivity contribution in [3.05, 3.63) is 18.0 Å². The number of carboxylic acids is 1. The Bertz CT molecular complexity index is 429. The fourth-order valence-electron chi connectivity index (χ4n) is 1.35. The minimum atomic E-state index is -1.46. The first-order valence-corrected chi connectivity index (χ1v) is 4.93. The number of carbonyl (C=O) groups is 2. The van der Waals surface area contributed by atoms with Crippen LogP contribution in [0, 0.1) is 0 Å². The van der Waals surface area contributed by atoms with Gasteiger partial charge < -0.3 is 15.2 Å². The van der Waals surface area contributed by atoms with Gasteiger partial charge in [0.1, 0.15) is 5.69 Å². The number of nitrogens with one attached hydrogen (secondary N) is 1. The Labute approximate surface area is 98.4 Å². The lowest BCUT2D eigenvalue weighted by Gasteiger charge is -2.25. The molecule has 0 fully saturated rings. The highest BCUT2D eigenvalue weighted by Crippen LogP contribution is 2.07. The Morgan fingerprint density at radius 2 is 2.29 bits per heavy atom. The molecule has 0 aliphatic rings. The molecule has 7 heteroatoms. The van der Waals surface area contributed by atoms with E-state index in [2.05, 4.69) is 10.4 Å². The minimum Gasteiger partial charge on any atom is -0.479 e. The normalized spacial score (nSPS) is 14.1. The van der Waals surface area contributed by atoms with Crippen molar-refractivity contribution in [2.24, 2.45) is 7.05 Å². The van der Waals surface area contributed by atoms with E-state index in [9.17, 15) is 9.59 Å². The van der Waals surface area contributed by atoms with Crippen LogP contribution in [0.2, 0.25) is 0 Å². The fraction of sp³-hybridized carbons (Fsp3) is 0.500. The van der Waals surface area contributed by atoms with Gasteiger partial charge in [-0.3, -0.25) is 9.48 Å². The number of carbonyl (C=O) groups excluding carboxylic acids is 1. The first-order chi connectivity index (χ1) is 7.90. The van der Waals surface area contributed by atoms with Crippen molar-refractivity contribution >= 4 is 11.9 Å². The first-order valence-electron chi connectivity index (χ1n) is 4.93. The zero-order valence-electron chi connectivity index (χ0n) is 9.93. The van der Waals surface area contributed by atoms with Crippen molar-refractivity contribution < 1.29 is 19.4 Å². The van der Waals surface area contributed by atoms with Crippen molar-refractivity contribution in [3.8, 4) is 0 Å². The van der Waals surface area contributed by atoms with Crippen molar-refractivity contribution in [3.63, 3.8) is 0 Å². The number of amides is 1. The molecule has 0 aliphatic carbocycles. The van der Waals surface area contributed by atoms with Crippen LogP contribution in [0.4, 0.5) is 0 Å². The Balaban J connectivity index is 2.85. The van der Waals surface area contributed by atoms with Gasteiger partial charge in [-0.15, -0.1) is 0 Å². The molecule has 17 heavy (non-hydrogen) atoms. The van der Waals surface area contributed by atoms with Gasteiger partial charge in [0.15, 0.2) is 5.54 Å². The number of carboxylic acid groups (broad SMARTS) is 1. The second-order valence-electron chi connectivity index (χ2n) is 3.86. The summed E-state index contributed by atoms with van der Waals surface area (Å²) < 4.78 is 6.16. The molecule has 1 aromatic heterocycles. The molecular formula is C10H15N3O4. The molecule has 0 bridgehead atoms. The number of aliphatic carboxylic acids is 1. The van der Waals surface area contributed by atoms with Crippen LogP contribution in [0.25, 0.3) is 0 Å². The molecule has 0 saturated heterocycles. The van der Waals surface area contributed by atoms with Gasteiger partial charge >= 0.3 is 5.97 Å². The third-order valence-corrected chi connectivity index (χ3v) is 2.35. The SMILES string of the molecule is COCC(C)(NC(=O)c1ccnn1C)C(=O)O. The molecule has 1 atom stereocenters. The maximum atomic E-state index is 11.8. The average molecular weight is 241 g/mol. The molecular weight excluding hydrogens is 226 g/mol. The summed E-state index contributed by atoms with van der Waals surface area (Å²) in [5, 5.41) is 15.3. The molecule has 7 nitrogen and oxygen atoms in total. The molecule has 0 spiro atoms. The molecule has 0 radical (unpaired) electrons. The van der Waals surface area contributed by atoms with Crippen molar-refractivity contribution in [2.45, 2.75) is 12.5 Å². The van der Waals surface area contributed by atoms with Gasteiger partial charge in [-0.2, -0.15) is 5.10 Å². The Kier molecular flexibility index (Phi) is 3.84. The molecule has 2 N–H and O–H groups in total. The summed E-state index contributed by atoms with van der Waals surface area (Å²) in [5.74, 6) is -1.66. The topological polar surface area (TPSA) is 93.5 Å². The third-order valence-electron chi connectivity index (χ3n) is 2.35. The predicted molar refractivity (Wildman–Crippen MR) is 58.6 cm³/mol. The highest BCUT2D eigenvalue weighted by atomic mass is 16.5. The summed E-state index contributed by atoms with van der Waals surface area (Å²) in [5.41, 5.74) is -1.18. The van der Waals surface area contributed by atoms with Crippen molar-refractivity contribution in [1.82, 2.24) is 15.1 Å². The van der Waals surface area contributed by atoms with Crippen LogP contribution in [0.5, 0.6) is 0 Å². The van der Waals surface area contributed by atoms with E-state index in [-0.39, 0.29) is 12.3 Å². The van der Waals surface area contributed by atoms with E-state index in [0.717, 1.165) is 0 Å². The van der Waals surface area contributed by atoms with E-state index in [4.69, 9.17) is 9.84 Å². The highest BCUT2D eigenvalue weighted by molar-refractivity contribution is 5.96. The van der Waals surface area contributed by atoms with E-state index < -0.39 is 17.4 Å². The number of hydrogen-bond donors (Lipinski definition) is 2. The van der Waals surface area contributed by atoms with Crippen LogP contribution in [0.15, 0.2) is 12.3 Å². The standard InChI is InChI=1S/C10H15N3O4/c1-10(6-17-3,9(15)16)12-8(14)7-4-5-11-13(7)2/h4-5H,6H2,1-3H3,(H,12,14)(H,15,16). The third kappa shape index (κ3) is 2.82. The van der Waals surface area contributed by atoms with Gasteiger partial charge in [0.05, 0.1) is 6.61 Å². The molecule has 1 aromatic rings. The van der Waals surface area contributed by atoms with Gasteiger partial charge in [-0.1, -0.05) is 0 Å². The van der Waals surface area contributed by atoms with Gasteiger partial charge in [0.25, 0.3) is 5.91 Å². The molecule has 1 unspecified atom stereocenters. The van der Waals surface area contributed by atoms with Crippen LogP contribution in [0.1, 0.15) is 17.4 Å². The Hall–Kier alpha value is -1.89. The van der Waals surface area contributed by atoms with Crippen LogP contribution in [-0.2, 0) is 16.6 Å². The zero-order chi connectivity index (χ0) is 13.1. The summed E-state index contributed by atoms with van der Waals surface area (Å²) in [7, 11) is 2.97. The van der Waals surface area contributed by atoms with Gasteiger partial charge in [-0.25, -0.2) is 4.79 Å².